The molecule has 1 heterocycles. The number of hydrogen-bond acceptors (Lipinski definition) is 4. The second-order valence-electron chi connectivity index (χ2n) is 4.80. The molecule has 17 heavy (non-hydrogen) atoms. The van der Waals surface area contributed by atoms with Crippen molar-refractivity contribution >= 4 is 26.7 Å². The average Bonchev–Trinajstić information content (AvgIpc) is 2.95. The molecule has 3 nitrogen and oxygen atoms in total. The lowest BCUT2D eigenvalue weighted by atomic mass is 9.98. The van der Waals surface area contributed by atoms with Crippen LogP contribution in [0.5, 0.6) is 0 Å². The minimum Gasteiger partial charge on any atom is -0.355 e. The minimum atomic E-state index is 0.0911. The molecule has 0 unspecified atom stereocenters. The first kappa shape index (κ1) is 11.0. The molecule has 1 aliphatic rings. The van der Waals surface area contributed by atoms with Gasteiger partial charge >= 0.3 is 0 Å². The molecule has 1 saturated carbocycles. The van der Waals surface area contributed by atoms with Crippen molar-refractivity contribution < 1.29 is 0 Å². The standard InChI is InChI=1S/C13H17N3S/c14-9-13(7-3-4-8-13)16-12-15-10-5-1-2-6-11(10)17-12/h1-2,5-6H,3-4,7-9,14H2,(H,15,16). The fraction of sp³-hybridized carbons (Fsp3) is 0.462. The lowest BCUT2D eigenvalue weighted by molar-refractivity contribution is 0.493. The van der Waals surface area contributed by atoms with Crippen LogP contribution in [0.15, 0.2) is 24.3 Å². The van der Waals surface area contributed by atoms with Gasteiger partial charge in [0, 0.05) is 6.54 Å². The van der Waals surface area contributed by atoms with E-state index >= 15 is 0 Å². The second kappa shape index (κ2) is 4.27. The van der Waals surface area contributed by atoms with Crippen molar-refractivity contribution in [1.29, 1.82) is 0 Å². The molecule has 0 aliphatic heterocycles. The van der Waals surface area contributed by atoms with Crippen molar-refractivity contribution in [3.63, 3.8) is 0 Å². The summed E-state index contributed by atoms with van der Waals surface area (Å²) in [6.07, 6.45) is 4.88. The van der Waals surface area contributed by atoms with Gasteiger partial charge in [-0.15, -0.1) is 0 Å². The highest BCUT2D eigenvalue weighted by Crippen LogP contribution is 2.35. The fourth-order valence-corrected chi connectivity index (χ4v) is 3.57. The molecular weight excluding hydrogens is 230 g/mol. The third-order valence-electron chi connectivity index (χ3n) is 3.62. The minimum absolute atomic E-state index is 0.0911. The summed E-state index contributed by atoms with van der Waals surface area (Å²) in [6, 6.07) is 8.25. The van der Waals surface area contributed by atoms with E-state index in [0.717, 1.165) is 10.6 Å². The van der Waals surface area contributed by atoms with E-state index in [1.165, 1.54) is 30.4 Å². The van der Waals surface area contributed by atoms with Gasteiger partial charge in [0.1, 0.15) is 0 Å². The van der Waals surface area contributed by atoms with E-state index in [2.05, 4.69) is 28.5 Å². The smallest absolute Gasteiger partial charge is 0.184 e. The summed E-state index contributed by atoms with van der Waals surface area (Å²) in [6.45, 7) is 0.697. The van der Waals surface area contributed by atoms with Gasteiger partial charge in [0.2, 0.25) is 0 Å². The quantitative estimate of drug-likeness (QED) is 0.876. The molecule has 90 valence electrons. The van der Waals surface area contributed by atoms with E-state index in [9.17, 15) is 0 Å². The van der Waals surface area contributed by atoms with Crippen molar-refractivity contribution in [1.82, 2.24) is 4.98 Å². The number of rotatable bonds is 3. The summed E-state index contributed by atoms with van der Waals surface area (Å²) in [5, 5.41) is 4.59. The SMILES string of the molecule is NCC1(Nc2nc3ccccc3s2)CCCC1. The summed E-state index contributed by atoms with van der Waals surface area (Å²) in [7, 11) is 0. The van der Waals surface area contributed by atoms with Crippen LogP contribution < -0.4 is 11.1 Å². The van der Waals surface area contributed by atoms with Gasteiger partial charge in [0.05, 0.1) is 15.8 Å². The first-order valence-electron chi connectivity index (χ1n) is 6.15. The van der Waals surface area contributed by atoms with E-state index in [-0.39, 0.29) is 5.54 Å². The number of para-hydroxylation sites is 1. The van der Waals surface area contributed by atoms with Gasteiger partial charge in [-0.25, -0.2) is 4.98 Å². The molecule has 0 saturated heterocycles. The number of anilines is 1. The summed E-state index contributed by atoms with van der Waals surface area (Å²) < 4.78 is 1.24. The van der Waals surface area contributed by atoms with Crippen molar-refractivity contribution in [2.45, 2.75) is 31.2 Å². The van der Waals surface area contributed by atoms with Gasteiger partial charge in [-0.2, -0.15) is 0 Å². The number of nitrogens with two attached hydrogens (primary N) is 1. The van der Waals surface area contributed by atoms with E-state index in [1.54, 1.807) is 11.3 Å². The van der Waals surface area contributed by atoms with Gasteiger partial charge in [-0.3, -0.25) is 0 Å². The second-order valence-corrected chi connectivity index (χ2v) is 5.83. The van der Waals surface area contributed by atoms with Crippen LogP contribution in [-0.4, -0.2) is 17.1 Å². The Hall–Kier alpha value is -1.13. The lowest BCUT2D eigenvalue weighted by Gasteiger charge is -2.28. The van der Waals surface area contributed by atoms with Gasteiger partial charge in [0.25, 0.3) is 0 Å². The first-order valence-corrected chi connectivity index (χ1v) is 6.97. The number of hydrogen-bond donors (Lipinski definition) is 2. The van der Waals surface area contributed by atoms with Crippen molar-refractivity contribution in [3.05, 3.63) is 24.3 Å². The molecule has 4 heteroatoms. The maximum absolute atomic E-state index is 5.93. The predicted molar refractivity (Wildman–Crippen MR) is 73.5 cm³/mol. The van der Waals surface area contributed by atoms with Crippen LogP contribution in [0.3, 0.4) is 0 Å². The Labute approximate surface area is 105 Å². The number of nitrogens with one attached hydrogen (secondary N) is 1. The Bertz CT molecular complexity index is 481. The van der Waals surface area contributed by atoms with Crippen LogP contribution in [-0.2, 0) is 0 Å². The zero-order valence-electron chi connectivity index (χ0n) is 9.78. The molecule has 0 amide bonds. The highest BCUT2D eigenvalue weighted by atomic mass is 32.1. The normalized spacial score (nSPS) is 18.6. The molecule has 0 atom stereocenters. The summed E-state index contributed by atoms with van der Waals surface area (Å²) >= 11 is 1.72. The van der Waals surface area contributed by atoms with Crippen molar-refractivity contribution in [2.24, 2.45) is 5.73 Å². The van der Waals surface area contributed by atoms with Crippen LogP contribution in [0.2, 0.25) is 0 Å². The van der Waals surface area contributed by atoms with Crippen molar-refractivity contribution in [3.8, 4) is 0 Å². The zero-order valence-corrected chi connectivity index (χ0v) is 10.6. The number of fused-ring (bicyclic) bond motifs is 1. The highest BCUT2D eigenvalue weighted by Gasteiger charge is 2.32. The maximum atomic E-state index is 5.93. The van der Waals surface area contributed by atoms with Gasteiger partial charge < -0.3 is 11.1 Å². The van der Waals surface area contributed by atoms with E-state index in [0.29, 0.717) is 6.54 Å². The molecule has 1 aromatic carbocycles. The maximum Gasteiger partial charge on any atom is 0.184 e. The molecular formula is C13H17N3S. The third-order valence-corrected chi connectivity index (χ3v) is 4.57. The zero-order chi connectivity index (χ0) is 11.7. The van der Waals surface area contributed by atoms with Crippen LogP contribution >= 0.6 is 11.3 Å². The number of nitrogens with zero attached hydrogens (tertiary/aromatic N) is 1. The molecule has 0 radical (unpaired) electrons. The van der Waals surface area contributed by atoms with Crippen LogP contribution in [0.4, 0.5) is 5.13 Å². The van der Waals surface area contributed by atoms with Crippen LogP contribution in [0.1, 0.15) is 25.7 Å². The average molecular weight is 247 g/mol. The fourth-order valence-electron chi connectivity index (χ4n) is 2.58. The van der Waals surface area contributed by atoms with Crippen molar-refractivity contribution in [2.75, 3.05) is 11.9 Å². The van der Waals surface area contributed by atoms with Gasteiger partial charge in [-0.1, -0.05) is 36.3 Å². The molecule has 3 N–H and O–H groups in total. The van der Waals surface area contributed by atoms with Gasteiger partial charge in [0.15, 0.2) is 5.13 Å². The molecule has 1 fully saturated rings. The Morgan fingerprint density at radius 2 is 2.06 bits per heavy atom. The lowest BCUT2D eigenvalue weighted by Crippen LogP contribution is -2.42. The molecule has 1 aliphatic carbocycles. The van der Waals surface area contributed by atoms with E-state index < -0.39 is 0 Å². The number of thiazole rings is 1. The van der Waals surface area contributed by atoms with E-state index in [4.69, 9.17) is 5.73 Å². The Kier molecular flexibility index (Phi) is 2.76. The molecule has 2 aromatic rings. The highest BCUT2D eigenvalue weighted by molar-refractivity contribution is 7.22. The largest absolute Gasteiger partial charge is 0.355 e. The molecule has 0 bridgehead atoms. The number of benzene rings is 1. The summed E-state index contributed by atoms with van der Waals surface area (Å²) in [4.78, 5) is 4.62. The monoisotopic (exact) mass is 247 g/mol. The topological polar surface area (TPSA) is 50.9 Å². The predicted octanol–water partition coefficient (Wildman–Crippen LogP) is 2.98. The molecule has 0 spiro atoms. The summed E-state index contributed by atoms with van der Waals surface area (Å²) in [5.41, 5.74) is 7.09. The van der Waals surface area contributed by atoms with Crippen LogP contribution in [0, 0.1) is 0 Å². The third kappa shape index (κ3) is 2.03. The first-order chi connectivity index (χ1) is 8.31. The van der Waals surface area contributed by atoms with Crippen LogP contribution in [0.25, 0.3) is 10.2 Å². The number of aromatic nitrogens is 1. The molecule has 1 aromatic heterocycles. The summed E-state index contributed by atoms with van der Waals surface area (Å²) in [5.74, 6) is 0. The van der Waals surface area contributed by atoms with E-state index in [1.807, 2.05) is 6.07 Å². The Morgan fingerprint density at radius 1 is 1.29 bits per heavy atom. The molecule has 3 rings (SSSR count). The Balaban J connectivity index is 1.89. The van der Waals surface area contributed by atoms with Gasteiger partial charge in [-0.05, 0) is 25.0 Å². The Morgan fingerprint density at radius 3 is 2.76 bits per heavy atom.